The monoisotopic (exact) mass is 330 g/mol. The summed E-state index contributed by atoms with van der Waals surface area (Å²) in [6.45, 7) is 0.664. The van der Waals surface area contributed by atoms with Gasteiger partial charge in [0.15, 0.2) is 0 Å². The van der Waals surface area contributed by atoms with Crippen LogP contribution in [0.25, 0.3) is 10.1 Å². The third-order valence-electron chi connectivity index (χ3n) is 2.59. The molecule has 0 saturated carbocycles. The Kier molecular flexibility index (Phi) is 4.13. The maximum absolute atomic E-state index is 12.0. The van der Waals surface area contributed by atoms with Crippen molar-refractivity contribution < 1.29 is 4.92 Å². The van der Waals surface area contributed by atoms with Crippen LogP contribution < -0.4 is 5.56 Å². The predicted molar refractivity (Wildman–Crippen MR) is 75.8 cm³/mol. The number of alkyl halides is 1. The van der Waals surface area contributed by atoms with Crippen LogP contribution in [0.3, 0.4) is 0 Å². The van der Waals surface area contributed by atoms with Gasteiger partial charge in [0.1, 0.15) is 0 Å². The summed E-state index contributed by atoms with van der Waals surface area (Å²) < 4.78 is 2.34. The van der Waals surface area contributed by atoms with Gasteiger partial charge < -0.3 is 0 Å². The van der Waals surface area contributed by atoms with E-state index in [1.807, 2.05) is 0 Å². The molecule has 1 aromatic heterocycles. The number of unbranched alkanes of at least 4 members (excludes halogenated alkanes) is 1. The lowest BCUT2D eigenvalue weighted by atomic mass is 10.2. The maximum Gasteiger partial charge on any atom is 0.270 e. The number of rotatable bonds is 5. The molecule has 1 aromatic carbocycles. The Bertz CT molecular complexity index is 635. The molecule has 0 atom stereocenters. The zero-order chi connectivity index (χ0) is 13.1. The highest BCUT2D eigenvalue weighted by molar-refractivity contribution is 9.09. The Balaban J connectivity index is 2.36. The van der Waals surface area contributed by atoms with Gasteiger partial charge in [0.25, 0.3) is 11.2 Å². The van der Waals surface area contributed by atoms with Crippen LogP contribution in [0.1, 0.15) is 12.8 Å². The minimum absolute atomic E-state index is 0.0244. The lowest BCUT2D eigenvalue weighted by Crippen LogP contribution is -2.12. The van der Waals surface area contributed by atoms with Crippen LogP contribution in [0.2, 0.25) is 0 Å². The van der Waals surface area contributed by atoms with Crippen LogP contribution in [0.5, 0.6) is 0 Å². The number of nitro groups is 1. The number of halogens is 1. The highest BCUT2D eigenvalue weighted by Gasteiger charge is 2.12. The van der Waals surface area contributed by atoms with Crippen molar-refractivity contribution in [3.05, 3.63) is 38.7 Å². The van der Waals surface area contributed by atoms with E-state index >= 15 is 0 Å². The van der Waals surface area contributed by atoms with Gasteiger partial charge >= 0.3 is 0 Å². The van der Waals surface area contributed by atoms with Crippen molar-refractivity contribution >= 4 is 43.2 Å². The van der Waals surface area contributed by atoms with Gasteiger partial charge in [0.05, 0.1) is 15.0 Å². The van der Waals surface area contributed by atoms with Crippen LogP contribution in [0.15, 0.2) is 23.0 Å². The summed E-state index contributed by atoms with van der Waals surface area (Å²) in [7, 11) is 0. The first-order valence-corrected chi connectivity index (χ1v) is 7.37. The van der Waals surface area contributed by atoms with E-state index in [0.29, 0.717) is 16.6 Å². The quantitative estimate of drug-likeness (QED) is 0.366. The Labute approximate surface area is 115 Å². The van der Waals surface area contributed by atoms with E-state index in [1.165, 1.54) is 29.7 Å². The average molecular weight is 331 g/mol. The molecule has 7 heteroatoms. The van der Waals surface area contributed by atoms with Gasteiger partial charge in [-0.2, -0.15) is 0 Å². The summed E-state index contributed by atoms with van der Waals surface area (Å²) in [6.07, 6.45) is 1.92. The number of aryl methyl sites for hydroxylation is 1. The van der Waals surface area contributed by atoms with Crippen LogP contribution in [-0.2, 0) is 6.54 Å². The van der Waals surface area contributed by atoms with E-state index < -0.39 is 4.92 Å². The first kappa shape index (κ1) is 13.2. The van der Waals surface area contributed by atoms with Gasteiger partial charge in [0.2, 0.25) is 0 Å². The number of nitro benzene ring substituents is 1. The van der Waals surface area contributed by atoms with E-state index in [1.54, 1.807) is 3.96 Å². The molecule has 0 aliphatic rings. The van der Waals surface area contributed by atoms with Gasteiger partial charge in [-0.1, -0.05) is 27.5 Å². The molecule has 5 nitrogen and oxygen atoms in total. The standard InChI is InChI=1S/C11H11BrN2O3S/c12-5-1-2-6-13-11(15)9-4-3-8(14(16)17)7-10(9)18-13/h3-4,7H,1-2,5-6H2. The second-order valence-corrected chi connectivity index (χ2v) is 5.69. The van der Waals surface area contributed by atoms with Crippen molar-refractivity contribution in [2.75, 3.05) is 5.33 Å². The second-order valence-electron chi connectivity index (χ2n) is 3.83. The van der Waals surface area contributed by atoms with Crippen LogP contribution in [0.4, 0.5) is 5.69 Å². The van der Waals surface area contributed by atoms with E-state index in [0.717, 1.165) is 18.2 Å². The maximum atomic E-state index is 12.0. The lowest BCUT2D eigenvalue weighted by Gasteiger charge is -1.97. The zero-order valence-electron chi connectivity index (χ0n) is 9.47. The summed E-state index contributed by atoms with van der Waals surface area (Å²) in [5.41, 5.74) is -0.0316. The van der Waals surface area contributed by atoms with Crippen LogP contribution >= 0.6 is 27.5 Å². The smallest absolute Gasteiger partial charge is 0.268 e. The van der Waals surface area contributed by atoms with Crippen molar-refractivity contribution in [3.63, 3.8) is 0 Å². The largest absolute Gasteiger partial charge is 0.270 e. The molecular weight excluding hydrogens is 320 g/mol. The molecule has 0 radical (unpaired) electrons. The minimum Gasteiger partial charge on any atom is -0.268 e. The molecule has 0 saturated heterocycles. The van der Waals surface area contributed by atoms with Crippen LogP contribution in [-0.4, -0.2) is 14.2 Å². The zero-order valence-corrected chi connectivity index (χ0v) is 11.9. The Morgan fingerprint density at radius 2 is 2.17 bits per heavy atom. The molecular formula is C11H11BrN2O3S. The van der Waals surface area contributed by atoms with E-state index in [-0.39, 0.29) is 11.2 Å². The fourth-order valence-electron chi connectivity index (χ4n) is 1.67. The Hall–Kier alpha value is -1.21. The summed E-state index contributed by atoms with van der Waals surface area (Å²) in [5.74, 6) is 0. The Morgan fingerprint density at radius 3 is 2.83 bits per heavy atom. The molecule has 1 heterocycles. The molecule has 0 N–H and O–H groups in total. The number of fused-ring (bicyclic) bond motifs is 1. The molecule has 0 fully saturated rings. The van der Waals surface area contributed by atoms with E-state index in [9.17, 15) is 14.9 Å². The third kappa shape index (κ3) is 2.62. The topological polar surface area (TPSA) is 65.1 Å². The normalized spacial score (nSPS) is 10.9. The average Bonchev–Trinajstić information content (AvgIpc) is 2.66. The summed E-state index contributed by atoms with van der Waals surface area (Å²) >= 11 is 4.63. The molecule has 18 heavy (non-hydrogen) atoms. The number of aromatic nitrogens is 1. The first-order valence-electron chi connectivity index (χ1n) is 5.47. The van der Waals surface area contributed by atoms with Gasteiger partial charge in [0, 0.05) is 24.0 Å². The number of benzene rings is 1. The first-order chi connectivity index (χ1) is 8.63. The summed E-state index contributed by atoms with van der Waals surface area (Å²) in [6, 6.07) is 4.37. The van der Waals surface area contributed by atoms with Gasteiger partial charge in [-0.05, 0) is 18.9 Å². The van der Waals surface area contributed by atoms with Crippen LogP contribution in [0, 0.1) is 10.1 Å². The van der Waals surface area contributed by atoms with Crippen molar-refractivity contribution in [2.45, 2.75) is 19.4 Å². The molecule has 2 aromatic rings. The predicted octanol–water partition coefficient (Wildman–Crippen LogP) is 3.15. The molecule has 96 valence electrons. The van der Waals surface area contributed by atoms with Crippen molar-refractivity contribution in [1.82, 2.24) is 3.96 Å². The molecule has 2 rings (SSSR count). The highest BCUT2D eigenvalue weighted by Crippen LogP contribution is 2.22. The lowest BCUT2D eigenvalue weighted by molar-refractivity contribution is -0.384. The van der Waals surface area contributed by atoms with Crippen molar-refractivity contribution in [1.29, 1.82) is 0 Å². The molecule has 0 spiro atoms. The minimum atomic E-state index is -0.446. The number of hydrogen-bond acceptors (Lipinski definition) is 4. The second kappa shape index (κ2) is 5.62. The van der Waals surface area contributed by atoms with Crippen molar-refractivity contribution in [3.8, 4) is 0 Å². The summed E-state index contributed by atoms with van der Waals surface area (Å²) in [5, 5.41) is 12.1. The van der Waals surface area contributed by atoms with E-state index in [4.69, 9.17) is 0 Å². The molecule has 0 amide bonds. The SMILES string of the molecule is O=c1c2ccc([N+](=O)[O-])cc2sn1CCCCBr. The highest BCUT2D eigenvalue weighted by atomic mass is 79.9. The molecule has 0 aliphatic carbocycles. The summed E-state index contributed by atoms with van der Waals surface area (Å²) in [4.78, 5) is 22.2. The molecule has 0 bridgehead atoms. The van der Waals surface area contributed by atoms with Crippen molar-refractivity contribution in [2.24, 2.45) is 0 Å². The van der Waals surface area contributed by atoms with Gasteiger partial charge in [-0.25, -0.2) is 0 Å². The van der Waals surface area contributed by atoms with E-state index in [2.05, 4.69) is 15.9 Å². The third-order valence-corrected chi connectivity index (χ3v) is 4.25. The fraction of sp³-hybridized carbons (Fsp3) is 0.364. The van der Waals surface area contributed by atoms with Gasteiger partial charge in [-0.15, -0.1) is 0 Å². The molecule has 0 aliphatic heterocycles. The molecule has 0 unspecified atom stereocenters. The van der Waals surface area contributed by atoms with Gasteiger partial charge in [-0.3, -0.25) is 18.9 Å². The number of nitrogens with zero attached hydrogens (tertiary/aromatic N) is 2. The fourth-order valence-corrected chi connectivity index (χ4v) is 3.13. The Morgan fingerprint density at radius 1 is 1.39 bits per heavy atom. The number of non-ortho nitro benzene ring substituents is 1. The number of hydrogen-bond donors (Lipinski definition) is 0.